The monoisotopic (exact) mass is 384 g/mol. The molecule has 0 saturated carbocycles. The van der Waals surface area contributed by atoms with Crippen LogP contribution in [0.3, 0.4) is 0 Å². The van der Waals surface area contributed by atoms with Crippen molar-refractivity contribution >= 4 is 17.7 Å². The SMILES string of the molecule is CC(NC(=O)CSc1nnc2n1CCCCC2)c1ccc2c(c1)CCCC2. The summed E-state index contributed by atoms with van der Waals surface area (Å²) in [6, 6.07) is 6.72. The Morgan fingerprint density at radius 3 is 2.81 bits per heavy atom. The molecule has 2 aliphatic rings. The van der Waals surface area contributed by atoms with Crippen molar-refractivity contribution in [3.63, 3.8) is 0 Å². The average molecular weight is 385 g/mol. The molecular weight excluding hydrogens is 356 g/mol. The molecule has 0 radical (unpaired) electrons. The number of hydrogen-bond donors (Lipinski definition) is 1. The maximum absolute atomic E-state index is 12.5. The van der Waals surface area contributed by atoms with Crippen LogP contribution in [0.1, 0.15) is 67.6 Å². The highest BCUT2D eigenvalue weighted by atomic mass is 32.2. The van der Waals surface area contributed by atoms with Crippen LogP contribution < -0.4 is 5.32 Å². The van der Waals surface area contributed by atoms with Crippen molar-refractivity contribution in [3.05, 3.63) is 40.7 Å². The number of nitrogens with one attached hydrogen (secondary N) is 1. The average Bonchev–Trinajstić information content (AvgIpc) is 2.92. The molecule has 144 valence electrons. The summed E-state index contributed by atoms with van der Waals surface area (Å²) in [5.41, 5.74) is 4.14. The summed E-state index contributed by atoms with van der Waals surface area (Å²) in [4.78, 5) is 12.5. The van der Waals surface area contributed by atoms with Gasteiger partial charge in [-0.3, -0.25) is 4.79 Å². The molecule has 1 aromatic carbocycles. The van der Waals surface area contributed by atoms with Crippen molar-refractivity contribution < 1.29 is 4.79 Å². The Balaban J connectivity index is 1.33. The molecule has 6 heteroatoms. The van der Waals surface area contributed by atoms with Crippen molar-refractivity contribution in [3.8, 4) is 0 Å². The van der Waals surface area contributed by atoms with Gasteiger partial charge in [0.1, 0.15) is 5.82 Å². The Bertz CT molecular complexity index is 817. The van der Waals surface area contributed by atoms with Crippen LogP contribution in [0.15, 0.2) is 23.4 Å². The van der Waals surface area contributed by atoms with Gasteiger partial charge in [-0.05, 0) is 62.1 Å². The third-order valence-corrected chi connectivity index (χ3v) is 6.62. The van der Waals surface area contributed by atoms with Gasteiger partial charge in [-0.1, -0.05) is 36.4 Å². The van der Waals surface area contributed by atoms with E-state index in [0.29, 0.717) is 5.75 Å². The van der Waals surface area contributed by atoms with E-state index >= 15 is 0 Å². The van der Waals surface area contributed by atoms with Crippen LogP contribution in [0.5, 0.6) is 0 Å². The molecule has 1 atom stereocenters. The largest absolute Gasteiger partial charge is 0.349 e. The molecule has 27 heavy (non-hydrogen) atoms. The van der Waals surface area contributed by atoms with Gasteiger partial charge in [0.05, 0.1) is 11.8 Å². The standard InChI is InChI=1S/C21H28N4OS/c1-15(17-11-10-16-7-4-5-8-18(16)13-17)22-20(26)14-27-21-24-23-19-9-3-2-6-12-25(19)21/h10-11,13,15H,2-9,12,14H2,1H3,(H,22,26). The van der Waals surface area contributed by atoms with Crippen LogP contribution in [0.25, 0.3) is 0 Å². The lowest BCUT2D eigenvalue weighted by atomic mass is 9.89. The number of aromatic nitrogens is 3. The molecule has 1 N–H and O–H groups in total. The lowest BCUT2D eigenvalue weighted by Gasteiger charge is -2.20. The third-order valence-electron chi connectivity index (χ3n) is 5.66. The second kappa shape index (κ2) is 8.46. The molecule has 0 bridgehead atoms. The first-order chi connectivity index (χ1) is 13.2. The summed E-state index contributed by atoms with van der Waals surface area (Å²) >= 11 is 1.50. The van der Waals surface area contributed by atoms with E-state index in [1.54, 1.807) is 0 Å². The zero-order valence-electron chi connectivity index (χ0n) is 16.0. The van der Waals surface area contributed by atoms with Gasteiger partial charge < -0.3 is 9.88 Å². The first-order valence-corrected chi connectivity index (χ1v) is 11.2. The lowest BCUT2D eigenvalue weighted by molar-refractivity contribution is -0.119. The second-order valence-corrected chi connectivity index (χ2v) is 8.62. The maximum atomic E-state index is 12.5. The van der Waals surface area contributed by atoms with Gasteiger partial charge >= 0.3 is 0 Å². The van der Waals surface area contributed by atoms with Gasteiger partial charge in [-0.25, -0.2) is 0 Å². The van der Waals surface area contributed by atoms with Crippen molar-refractivity contribution in [2.45, 2.75) is 76.0 Å². The van der Waals surface area contributed by atoms with E-state index in [-0.39, 0.29) is 11.9 Å². The van der Waals surface area contributed by atoms with Crippen LogP contribution in [0.4, 0.5) is 0 Å². The van der Waals surface area contributed by atoms with Gasteiger partial charge in [-0.2, -0.15) is 0 Å². The number of carbonyl (C=O) groups excluding carboxylic acids is 1. The first-order valence-electron chi connectivity index (χ1n) is 10.2. The molecule has 4 rings (SSSR count). The number of aryl methyl sites for hydroxylation is 3. The highest BCUT2D eigenvalue weighted by Crippen LogP contribution is 2.25. The van der Waals surface area contributed by atoms with Crippen molar-refractivity contribution in [2.24, 2.45) is 0 Å². The van der Waals surface area contributed by atoms with E-state index in [9.17, 15) is 4.79 Å². The van der Waals surface area contributed by atoms with E-state index in [1.165, 1.54) is 67.0 Å². The van der Waals surface area contributed by atoms with Crippen LogP contribution in [-0.4, -0.2) is 26.4 Å². The molecule has 2 aromatic rings. The summed E-state index contributed by atoms with van der Waals surface area (Å²) in [5, 5.41) is 12.6. The molecule has 2 heterocycles. The zero-order chi connectivity index (χ0) is 18.6. The fraction of sp³-hybridized carbons (Fsp3) is 0.571. The van der Waals surface area contributed by atoms with E-state index in [1.807, 2.05) is 0 Å². The number of thioether (sulfide) groups is 1. The summed E-state index contributed by atoms with van der Waals surface area (Å²) in [5.74, 6) is 1.50. The van der Waals surface area contributed by atoms with E-state index in [4.69, 9.17) is 0 Å². The normalized spacial score (nSPS) is 17.5. The number of nitrogens with zero attached hydrogens (tertiary/aromatic N) is 3. The molecule has 0 spiro atoms. The number of carbonyl (C=O) groups is 1. The molecule has 1 aliphatic heterocycles. The van der Waals surface area contributed by atoms with Crippen molar-refractivity contribution in [2.75, 3.05) is 5.75 Å². The van der Waals surface area contributed by atoms with Crippen LogP contribution >= 0.6 is 11.8 Å². The van der Waals surface area contributed by atoms with E-state index in [2.05, 4.69) is 45.2 Å². The third kappa shape index (κ3) is 4.37. The minimum absolute atomic E-state index is 0.0286. The summed E-state index contributed by atoms with van der Waals surface area (Å²) in [6.07, 6.45) is 9.51. The maximum Gasteiger partial charge on any atom is 0.230 e. The quantitative estimate of drug-likeness (QED) is 0.796. The molecule has 0 fully saturated rings. The topological polar surface area (TPSA) is 59.8 Å². The van der Waals surface area contributed by atoms with Gasteiger partial charge in [0, 0.05) is 13.0 Å². The van der Waals surface area contributed by atoms with Crippen LogP contribution in [0, 0.1) is 0 Å². The minimum atomic E-state index is 0.0286. The van der Waals surface area contributed by atoms with E-state index < -0.39 is 0 Å². The molecule has 5 nitrogen and oxygen atoms in total. The Hall–Kier alpha value is -1.82. The van der Waals surface area contributed by atoms with Gasteiger partial charge in [0.25, 0.3) is 0 Å². The lowest BCUT2D eigenvalue weighted by Crippen LogP contribution is -2.28. The Labute approximate surface area is 165 Å². The molecule has 0 saturated heterocycles. The van der Waals surface area contributed by atoms with Crippen molar-refractivity contribution in [1.82, 2.24) is 20.1 Å². The zero-order valence-corrected chi connectivity index (χ0v) is 16.9. The van der Waals surface area contributed by atoms with Crippen molar-refractivity contribution in [1.29, 1.82) is 0 Å². The highest BCUT2D eigenvalue weighted by molar-refractivity contribution is 7.99. The first kappa shape index (κ1) is 18.5. The predicted octanol–water partition coefficient (Wildman–Crippen LogP) is 3.85. The number of benzene rings is 1. The van der Waals surface area contributed by atoms with Gasteiger partial charge in [-0.15, -0.1) is 10.2 Å². The van der Waals surface area contributed by atoms with E-state index in [0.717, 1.165) is 30.4 Å². The van der Waals surface area contributed by atoms with Crippen LogP contribution in [-0.2, 0) is 30.6 Å². The van der Waals surface area contributed by atoms with Gasteiger partial charge in [0.2, 0.25) is 5.91 Å². The van der Waals surface area contributed by atoms with Gasteiger partial charge in [0.15, 0.2) is 5.16 Å². The fourth-order valence-electron chi connectivity index (χ4n) is 4.08. The molecular formula is C21H28N4OS. The van der Waals surface area contributed by atoms with Crippen LogP contribution in [0.2, 0.25) is 0 Å². The minimum Gasteiger partial charge on any atom is -0.349 e. The second-order valence-electron chi connectivity index (χ2n) is 7.67. The summed E-state index contributed by atoms with van der Waals surface area (Å²) < 4.78 is 2.19. The summed E-state index contributed by atoms with van der Waals surface area (Å²) in [7, 11) is 0. The Morgan fingerprint density at radius 2 is 1.93 bits per heavy atom. The Morgan fingerprint density at radius 1 is 1.11 bits per heavy atom. The molecule has 1 aliphatic carbocycles. The molecule has 1 aromatic heterocycles. The smallest absolute Gasteiger partial charge is 0.230 e. The number of fused-ring (bicyclic) bond motifs is 2. The predicted molar refractivity (Wildman–Crippen MR) is 108 cm³/mol. The summed E-state index contributed by atoms with van der Waals surface area (Å²) in [6.45, 7) is 3.04. The molecule has 1 amide bonds. The highest BCUT2D eigenvalue weighted by Gasteiger charge is 2.18. The number of rotatable bonds is 5. The Kier molecular flexibility index (Phi) is 5.81. The number of hydrogen-bond acceptors (Lipinski definition) is 4. The number of amides is 1. The fourth-order valence-corrected chi connectivity index (χ4v) is 4.88. The molecule has 1 unspecified atom stereocenters.